The molecule has 4 rings (SSSR count). The Morgan fingerprint density at radius 2 is 1.75 bits per heavy atom. The molecule has 0 spiro atoms. The second-order valence-corrected chi connectivity index (χ2v) is 9.38. The summed E-state index contributed by atoms with van der Waals surface area (Å²) in [5.41, 5.74) is -3.12. The summed E-state index contributed by atoms with van der Waals surface area (Å²) in [6.07, 6.45) is 0.268. The van der Waals surface area contributed by atoms with Gasteiger partial charge in [0.05, 0.1) is 28.4 Å². The molecule has 188 valence electrons. The quantitative estimate of drug-likeness (QED) is 0.412. The van der Waals surface area contributed by atoms with Crippen LogP contribution in [0.1, 0.15) is 32.7 Å². The molecule has 1 aromatic heterocycles. The number of carbonyl (C=O) groups excluding carboxylic acids is 2. The predicted molar refractivity (Wildman–Crippen MR) is 132 cm³/mol. The van der Waals surface area contributed by atoms with E-state index in [0.29, 0.717) is 5.02 Å². The van der Waals surface area contributed by atoms with E-state index in [-0.39, 0.29) is 38.2 Å². The molecule has 0 aliphatic carbocycles. The van der Waals surface area contributed by atoms with E-state index in [1.807, 2.05) is 0 Å². The average Bonchev–Trinajstić information content (AvgIpc) is 2.92. The monoisotopic (exact) mass is 555 g/mol. The second kappa shape index (κ2) is 9.91. The maximum absolute atomic E-state index is 14.9. The molecule has 1 aliphatic rings. The third-order valence-electron chi connectivity index (χ3n) is 5.85. The van der Waals surface area contributed by atoms with Gasteiger partial charge in [-0.05, 0) is 48.5 Å². The van der Waals surface area contributed by atoms with Crippen LogP contribution in [-0.4, -0.2) is 46.1 Å². The summed E-state index contributed by atoms with van der Waals surface area (Å²) in [6, 6.07) is 10.9. The number of halogens is 5. The van der Waals surface area contributed by atoms with Gasteiger partial charge in [0.25, 0.3) is 17.7 Å². The molecule has 0 unspecified atom stereocenters. The number of carbonyl (C=O) groups is 2. The number of aliphatic hydroxyl groups excluding tert-OH is 1. The number of benzene rings is 2. The molecule has 12 heteroatoms. The molecule has 2 aromatic carbocycles. The Hall–Kier alpha value is -2.82. The van der Waals surface area contributed by atoms with Crippen LogP contribution in [0.15, 0.2) is 54.7 Å². The number of anilines is 2. The number of fused-ring (bicyclic) bond motifs is 1. The van der Waals surface area contributed by atoms with Crippen molar-refractivity contribution in [1.29, 1.82) is 0 Å². The molecule has 36 heavy (non-hydrogen) atoms. The Bertz CT molecular complexity index is 1340. The number of pyridine rings is 1. The zero-order valence-corrected chi connectivity index (χ0v) is 20.6. The zero-order valence-electron chi connectivity index (χ0n) is 18.3. The van der Waals surface area contributed by atoms with Gasteiger partial charge in [-0.3, -0.25) is 9.59 Å². The van der Waals surface area contributed by atoms with Gasteiger partial charge in [0.1, 0.15) is 5.82 Å². The molecule has 3 aromatic rings. The molecule has 3 N–H and O–H groups in total. The van der Waals surface area contributed by atoms with Gasteiger partial charge in [-0.1, -0.05) is 34.8 Å². The first kappa shape index (κ1) is 26.2. The normalized spacial score (nSPS) is 18.8. The maximum Gasteiger partial charge on any atom is 0.284 e. The Balaban J connectivity index is 1.61. The fourth-order valence-electron chi connectivity index (χ4n) is 3.87. The first-order chi connectivity index (χ1) is 17.0. The maximum atomic E-state index is 14.9. The van der Waals surface area contributed by atoms with Crippen LogP contribution in [0.25, 0.3) is 0 Å². The minimum atomic E-state index is -3.74. The summed E-state index contributed by atoms with van der Waals surface area (Å²) in [7, 11) is 0. The molecule has 1 aliphatic heterocycles. The van der Waals surface area contributed by atoms with Gasteiger partial charge >= 0.3 is 0 Å². The van der Waals surface area contributed by atoms with Crippen LogP contribution in [-0.2, 0) is 5.60 Å². The van der Waals surface area contributed by atoms with Crippen molar-refractivity contribution < 1.29 is 28.6 Å². The lowest BCUT2D eigenvalue weighted by molar-refractivity contribution is -0.205. The molecular formula is C24H18Cl3F2N3O4. The summed E-state index contributed by atoms with van der Waals surface area (Å²) in [6.45, 7) is -1.72. The van der Waals surface area contributed by atoms with Gasteiger partial charge in [-0.25, -0.2) is 13.8 Å². The van der Waals surface area contributed by atoms with Crippen molar-refractivity contribution in [1.82, 2.24) is 4.98 Å². The first-order valence-corrected chi connectivity index (χ1v) is 11.7. The third-order valence-corrected chi connectivity index (χ3v) is 6.63. The van der Waals surface area contributed by atoms with Gasteiger partial charge < -0.3 is 20.4 Å². The van der Waals surface area contributed by atoms with E-state index in [9.17, 15) is 28.6 Å². The number of nitrogens with one attached hydrogen (secondary N) is 1. The van der Waals surface area contributed by atoms with Crippen LogP contribution in [0.5, 0.6) is 0 Å². The fraction of sp³-hybridized carbons (Fsp3) is 0.208. The molecule has 0 bridgehead atoms. The van der Waals surface area contributed by atoms with Crippen molar-refractivity contribution >= 4 is 58.1 Å². The molecular weight excluding hydrogens is 539 g/mol. The van der Waals surface area contributed by atoms with Gasteiger partial charge in [-0.15, -0.1) is 0 Å². The van der Waals surface area contributed by atoms with Gasteiger partial charge in [0.2, 0.25) is 0 Å². The summed E-state index contributed by atoms with van der Waals surface area (Å²) in [5, 5.41) is 23.5. The van der Waals surface area contributed by atoms with E-state index in [2.05, 4.69) is 10.3 Å². The zero-order chi connectivity index (χ0) is 26.3. The Labute approximate surface area is 219 Å². The molecule has 7 nitrogen and oxygen atoms in total. The van der Waals surface area contributed by atoms with Crippen molar-refractivity contribution in [3.8, 4) is 0 Å². The highest BCUT2D eigenvalue weighted by Gasteiger charge is 2.56. The number of hydrogen-bond acceptors (Lipinski definition) is 5. The minimum absolute atomic E-state index is 0.0205. The Morgan fingerprint density at radius 3 is 2.39 bits per heavy atom. The highest BCUT2D eigenvalue weighted by Crippen LogP contribution is 2.47. The summed E-state index contributed by atoms with van der Waals surface area (Å²) in [5.74, 6) is -4.85. The highest BCUT2D eigenvalue weighted by atomic mass is 35.5. The van der Waals surface area contributed by atoms with Crippen molar-refractivity contribution in [2.24, 2.45) is 0 Å². The molecule has 2 heterocycles. The lowest BCUT2D eigenvalue weighted by atomic mass is 9.86. The van der Waals surface area contributed by atoms with E-state index in [0.717, 1.165) is 11.0 Å². The van der Waals surface area contributed by atoms with E-state index in [4.69, 9.17) is 34.8 Å². The van der Waals surface area contributed by atoms with Crippen molar-refractivity contribution in [3.05, 3.63) is 86.5 Å². The van der Waals surface area contributed by atoms with Crippen LogP contribution in [0.3, 0.4) is 0 Å². The molecule has 1 atom stereocenters. The summed E-state index contributed by atoms with van der Waals surface area (Å²) < 4.78 is 29.7. The number of amides is 2. The lowest BCUT2D eigenvalue weighted by Gasteiger charge is -2.33. The van der Waals surface area contributed by atoms with E-state index in [1.54, 1.807) is 0 Å². The molecule has 2 amide bonds. The van der Waals surface area contributed by atoms with Crippen molar-refractivity contribution in [2.45, 2.75) is 17.9 Å². The first-order valence-electron chi connectivity index (χ1n) is 10.5. The lowest BCUT2D eigenvalue weighted by Crippen LogP contribution is -2.48. The number of aliphatic hydroxyl groups is 2. The van der Waals surface area contributed by atoms with Gasteiger partial charge in [0.15, 0.2) is 5.60 Å². The molecule has 0 fully saturated rings. The van der Waals surface area contributed by atoms with Crippen LogP contribution in [0, 0.1) is 0 Å². The number of aromatic nitrogens is 1. The molecule has 0 radical (unpaired) electrons. The third kappa shape index (κ3) is 4.77. The minimum Gasteiger partial charge on any atom is -0.393 e. The fourth-order valence-corrected chi connectivity index (χ4v) is 4.54. The van der Waals surface area contributed by atoms with Crippen LogP contribution < -0.4 is 10.2 Å². The molecule has 0 saturated heterocycles. The standard InChI is InChI=1S/C24H18Cl3F2N3O4/c25-14-3-5-19-17(9-14)23(36,12-33)24(28,29)7-8-32(19)22(35)13-1-6-20(30-11-13)31-21(34)16-4-2-15(26)10-18(16)27/h1-6,9-11,33,36H,7-8,12H2,(H,30,31,34)/t23-/m0/s1. The number of nitrogens with zero attached hydrogens (tertiary/aromatic N) is 2. The topological polar surface area (TPSA) is 103 Å². The average molecular weight is 557 g/mol. The van der Waals surface area contributed by atoms with Crippen molar-refractivity contribution in [2.75, 3.05) is 23.4 Å². The van der Waals surface area contributed by atoms with E-state index in [1.165, 1.54) is 48.7 Å². The van der Waals surface area contributed by atoms with Gasteiger partial charge in [0, 0.05) is 34.8 Å². The molecule has 0 saturated carbocycles. The van der Waals surface area contributed by atoms with E-state index < -0.39 is 42.9 Å². The smallest absolute Gasteiger partial charge is 0.284 e. The SMILES string of the molecule is O=C(Nc1ccc(C(=O)N2CCC(F)(F)[C@](O)(CO)c3cc(Cl)ccc32)cn1)c1ccc(Cl)cc1Cl. The van der Waals surface area contributed by atoms with Crippen LogP contribution in [0.4, 0.5) is 20.3 Å². The highest BCUT2D eigenvalue weighted by molar-refractivity contribution is 6.37. The van der Waals surface area contributed by atoms with Crippen molar-refractivity contribution in [3.63, 3.8) is 0 Å². The number of alkyl halides is 2. The summed E-state index contributed by atoms with van der Waals surface area (Å²) >= 11 is 17.9. The largest absolute Gasteiger partial charge is 0.393 e. The summed E-state index contributed by atoms with van der Waals surface area (Å²) in [4.78, 5) is 30.9. The number of rotatable bonds is 4. The second-order valence-electron chi connectivity index (χ2n) is 8.10. The van der Waals surface area contributed by atoms with E-state index >= 15 is 0 Å². The Morgan fingerprint density at radius 1 is 1.06 bits per heavy atom. The number of hydrogen-bond donors (Lipinski definition) is 3. The van der Waals surface area contributed by atoms with Crippen LogP contribution in [0.2, 0.25) is 15.1 Å². The van der Waals surface area contributed by atoms with Crippen LogP contribution >= 0.6 is 34.8 Å². The van der Waals surface area contributed by atoms with Gasteiger partial charge in [-0.2, -0.15) is 0 Å². The predicted octanol–water partition coefficient (Wildman–Crippen LogP) is 5.16. The Kier molecular flexibility index (Phi) is 7.23.